The molecule has 1 aromatic carbocycles. The molecule has 1 aliphatic rings. The summed E-state index contributed by atoms with van der Waals surface area (Å²) in [5, 5.41) is 3.01. The number of amides is 1. The second-order valence-corrected chi connectivity index (χ2v) is 6.85. The van der Waals surface area contributed by atoms with Crippen LogP contribution in [0.15, 0.2) is 30.3 Å². The minimum atomic E-state index is -0.0230. The third-order valence-corrected chi connectivity index (χ3v) is 4.89. The van der Waals surface area contributed by atoms with Crippen molar-refractivity contribution in [1.82, 2.24) is 0 Å². The van der Waals surface area contributed by atoms with Gasteiger partial charge in [-0.25, -0.2) is 0 Å². The molecule has 1 aliphatic heterocycles. The van der Waals surface area contributed by atoms with Gasteiger partial charge in [-0.2, -0.15) is 0 Å². The molecule has 1 N–H and O–H groups in total. The first kappa shape index (κ1) is 14.1. The molecule has 0 spiro atoms. The van der Waals surface area contributed by atoms with Crippen LogP contribution in [0, 0.1) is 13.8 Å². The zero-order valence-corrected chi connectivity index (χ0v) is 13.3. The lowest BCUT2D eigenvalue weighted by Gasteiger charge is -2.19. The Morgan fingerprint density at radius 1 is 1.14 bits per heavy atom. The molecule has 21 heavy (non-hydrogen) atoms. The predicted molar refractivity (Wildman–Crippen MR) is 89.6 cm³/mol. The van der Waals surface area contributed by atoms with Gasteiger partial charge in [-0.3, -0.25) is 4.79 Å². The molecule has 3 rings (SSSR count). The van der Waals surface area contributed by atoms with Gasteiger partial charge in [0.2, 0.25) is 0 Å². The fraction of sp³-hybridized carbons (Fsp3) is 0.353. The molecule has 2 aromatic rings. The number of rotatable bonds is 3. The topological polar surface area (TPSA) is 32.3 Å². The van der Waals surface area contributed by atoms with E-state index in [2.05, 4.69) is 29.3 Å². The van der Waals surface area contributed by atoms with Gasteiger partial charge in [0.15, 0.2) is 0 Å². The van der Waals surface area contributed by atoms with Crippen molar-refractivity contribution in [2.75, 3.05) is 23.3 Å². The molecule has 0 unspecified atom stereocenters. The summed E-state index contributed by atoms with van der Waals surface area (Å²) >= 11 is 1.52. The average Bonchev–Trinajstić information content (AvgIpc) is 3.12. The number of carbonyl (C=O) groups is 1. The SMILES string of the molecule is Cc1ccc(C(=O)Nc2ccc(N3CCCC3)cc2C)s1. The van der Waals surface area contributed by atoms with Crippen LogP contribution in [-0.4, -0.2) is 19.0 Å². The molecule has 3 nitrogen and oxygen atoms in total. The molecule has 1 aromatic heterocycles. The van der Waals surface area contributed by atoms with E-state index >= 15 is 0 Å². The summed E-state index contributed by atoms with van der Waals surface area (Å²) in [6.07, 6.45) is 2.55. The summed E-state index contributed by atoms with van der Waals surface area (Å²) < 4.78 is 0. The molecular formula is C17H20N2OS. The first-order valence-electron chi connectivity index (χ1n) is 7.37. The molecular weight excluding hydrogens is 280 g/mol. The highest BCUT2D eigenvalue weighted by Gasteiger charge is 2.14. The van der Waals surface area contributed by atoms with Crippen molar-refractivity contribution in [2.45, 2.75) is 26.7 Å². The minimum Gasteiger partial charge on any atom is -0.372 e. The van der Waals surface area contributed by atoms with E-state index in [0.29, 0.717) is 0 Å². The van der Waals surface area contributed by atoms with Crippen LogP contribution < -0.4 is 10.2 Å². The van der Waals surface area contributed by atoms with Crippen LogP contribution >= 0.6 is 11.3 Å². The van der Waals surface area contributed by atoms with Crippen LogP contribution in [0.3, 0.4) is 0 Å². The molecule has 0 saturated carbocycles. The Morgan fingerprint density at radius 2 is 1.90 bits per heavy atom. The Hall–Kier alpha value is -1.81. The Balaban J connectivity index is 1.75. The average molecular weight is 300 g/mol. The second kappa shape index (κ2) is 5.90. The number of hydrogen-bond acceptors (Lipinski definition) is 3. The lowest BCUT2D eigenvalue weighted by molar-refractivity contribution is 0.103. The molecule has 0 atom stereocenters. The molecule has 4 heteroatoms. The molecule has 1 fully saturated rings. The zero-order chi connectivity index (χ0) is 14.8. The molecule has 1 amide bonds. The number of thiophene rings is 1. The van der Waals surface area contributed by atoms with Gasteiger partial charge in [0.1, 0.15) is 0 Å². The van der Waals surface area contributed by atoms with Gasteiger partial charge in [-0.05, 0) is 62.6 Å². The van der Waals surface area contributed by atoms with Gasteiger partial charge in [0, 0.05) is 29.3 Å². The van der Waals surface area contributed by atoms with Crippen LogP contribution in [0.4, 0.5) is 11.4 Å². The summed E-state index contributed by atoms with van der Waals surface area (Å²) in [5.74, 6) is -0.0230. The van der Waals surface area contributed by atoms with E-state index in [1.165, 1.54) is 29.9 Å². The van der Waals surface area contributed by atoms with Crippen LogP contribution in [-0.2, 0) is 0 Å². The van der Waals surface area contributed by atoms with E-state index in [1.807, 2.05) is 25.1 Å². The van der Waals surface area contributed by atoms with E-state index in [1.54, 1.807) is 0 Å². The van der Waals surface area contributed by atoms with E-state index in [0.717, 1.165) is 34.1 Å². The van der Waals surface area contributed by atoms with Gasteiger partial charge in [0.25, 0.3) is 5.91 Å². The number of nitrogens with zero attached hydrogens (tertiary/aromatic N) is 1. The second-order valence-electron chi connectivity index (χ2n) is 5.56. The van der Waals surface area contributed by atoms with Gasteiger partial charge in [-0.1, -0.05) is 0 Å². The Bertz CT molecular complexity index is 657. The summed E-state index contributed by atoms with van der Waals surface area (Å²) in [7, 11) is 0. The van der Waals surface area contributed by atoms with Crippen molar-refractivity contribution in [2.24, 2.45) is 0 Å². The number of hydrogen-bond donors (Lipinski definition) is 1. The number of aryl methyl sites for hydroxylation is 2. The fourth-order valence-electron chi connectivity index (χ4n) is 2.70. The van der Waals surface area contributed by atoms with Crippen LogP contribution in [0.25, 0.3) is 0 Å². The van der Waals surface area contributed by atoms with Crippen molar-refractivity contribution in [1.29, 1.82) is 0 Å². The normalized spacial score (nSPS) is 14.5. The Kier molecular flexibility index (Phi) is 3.97. The van der Waals surface area contributed by atoms with E-state index < -0.39 is 0 Å². The van der Waals surface area contributed by atoms with Gasteiger partial charge in [-0.15, -0.1) is 11.3 Å². The first-order valence-corrected chi connectivity index (χ1v) is 8.18. The van der Waals surface area contributed by atoms with Gasteiger partial charge >= 0.3 is 0 Å². The van der Waals surface area contributed by atoms with Crippen molar-refractivity contribution >= 4 is 28.6 Å². The summed E-state index contributed by atoms with van der Waals surface area (Å²) in [4.78, 5) is 16.5. The quantitative estimate of drug-likeness (QED) is 0.920. The number of carbonyl (C=O) groups excluding carboxylic acids is 1. The first-order chi connectivity index (χ1) is 10.1. The summed E-state index contributed by atoms with van der Waals surface area (Å²) in [6, 6.07) is 10.1. The van der Waals surface area contributed by atoms with Crippen LogP contribution in [0.2, 0.25) is 0 Å². The molecule has 2 heterocycles. The maximum atomic E-state index is 12.2. The molecule has 0 radical (unpaired) electrons. The minimum absolute atomic E-state index is 0.0230. The maximum absolute atomic E-state index is 12.2. The fourth-order valence-corrected chi connectivity index (χ4v) is 3.46. The lowest BCUT2D eigenvalue weighted by atomic mass is 10.1. The highest BCUT2D eigenvalue weighted by atomic mass is 32.1. The summed E-state index contributed by atoms with van der Waals surface area (Å²) in [6.45, 7) is 6.34. The molecule has 0 aliphatic carbocycles. The molecule has 0 bridgehead atoms. The third kappa shape index (κ3) is 3.10. The van der Waals surface area contributed by atoms with E-state index in [4.69, 9.17) is 0 Å². The van der Waals surface area contributed by atoms with Crippen molar-refractivity contribution in [3.63, 3.8) is 0 Å². The lowest BCUT2D eigenvalue weighted by Crippen LogP contribution is -2.18. The van der Waals surface area contributed by atoms with Crippen LogP contribution in [0.5, 0.6) is 0 Å². The maximum Gasteiger partial charge on any atom is 0.265 e. The smallest absolute Gasteiger partial charge is 0.265 e. The highest BCUT2D eigenvalue weighted by molar-refractivity contribution is 7.14. The zero-order valence-electron chi connectivity index (χ0n) is 12.5. The van der Waals surface area contributed by atoms with Crippen molar-refractivity contribution < 1.29 is 4.79 Å². The van der Waals surface area contributed by atoms with Gasteiger partial charge in [0.05, 0.1) is 4.88 Å². The Labute approximate surface area is 129 Å². The third-order valence-electron chi connectivity index (χ3n) is 3.89. The molecule has 110 valence electrons. The standard InChI is InChI=1S/C17H20N2OS/c1-12-11-14(19-9-3-4-10-19)6-7-15(12)18-17(20)16-8-5-13(2)21-16/h5-8,11H,3-4,9-10H2,1-2H3,(H,18,20). The number of anilines is 2. The largest absolute Gasteiger partial charge is 0.372 e. The monoisotopic (exact) mass is 300 g/mol. The number of nitrogens with one attached hydrogen (secondary N) is 1. The van der Waals surface area contributed by atoms with Crippen molar-refractivity contribution in [3.8, 4) is 0 Å². The van der Waals surface area contributed by atoms with E-state index in [-0.39, 0.29) is 5.91 Å². The highest BCUT2D eigenvalue weighted by Crippen LogP contribution is 2.26. The predicted octanol–water partition coefficient (Wildman–Crippen LogP) is 4.22. The summed E-state index contributed by atoms with van der Waals surface area (Å²) in [5.41, 5.74) is 3.27. The van der Waals surface area contributed by atoms with E-state index in [9.17, 15) is 4.79 Å². The number of benzene rings is 1. The van der Waals surface area contributed by atoms with Gasteiger partial charge < -0.3 is 10.2 Å². The Morgan fingerprint density at radius 3 is 2.52 bits per heavy atom. The van der Waals surface area contributed by atoms with Crippen molar-refractivity contribution in [3.05, 3.63) is 45.6 Å². The van der Waals surface area contributed by atoms with Crippen LogP contribution in [0.1, 0.15) is 33.0 Å². The molecule has 1 saturated heterocycles.